The zero-order chi connectivity index (χ0) is 13.0. The van der Waals surface area contributed by atoms with Gasteiger partial charge in [0.05, 0.1) is 5.71 Å². The quantitative estimate of drug-likeness (QED) is 0.853. The summed E-state index contributed by atoms with van der Waals surface area (Å²) in [4.78, 5) is 0. The smallest absolute Gasteiger partial charge is 0.267 e. The van der Waals surface area contributed by atoms with E-state index >= 15 is 0 Å². The van der Waals surface area contributed by atoms with E-state index in [0.717, 1.165) is 23.9 Å². The van der Waals surface area contributed by atoms with Gasteiger partial charge in [-0.05, 0) is 25.7 Å². The van der Waals surface area contributed by atoms with Crippen LogP contribution in [-0.2, 0) is 11.2 Å². The van der Waals surface area contributed by atoms with Gasteiger partial charge in [0.1, 0.15) is 0 Å². The van der Waals surface area contributed by atoms with E-state index in [4.69, 9.17) is 0 Å². The molecule has 1 aliphatic carbocycles. The summed E-state index contributed by atoms with van der Waals surface area (Å²) in [5, 5.41) is 3.42. The maximum Gasteiger partial charge on any atom is 0.267 e. The molecule has 0 saturated heterocycles. The fourth-order valence-corrected chi connectivity index (χ4v) is 3.50. The zero-order valence-electron chi connectivity index (χ0n) is 11.3. The molecule has 0 spiro atoms. The predicted octanol–water partition coefficient (Wildman–Crippen LogP) is 2.78. The molecule has 1 aliphatic heterocycles. The third-order valence-electron chi connectivity index (χ3n) is 3.90. The maximum absolute atomic E-state index is 11.2. The minimum absolute atomic E-state index is 0.437. The number of hydrogen-bond acceptors (Lipinski definition) is 2. The fourth-order valence-electron chi connectivity index (χ4n) is 2.80. The normalized spacial score (nSPS) is 26.7. The second-order valence-electron chi connectivity index (χ2n) is 5.34. The van der Waals surface area contributed by atoms with Gasteiger partial charge in [0.25, 0.3) is 11.2 Å². The molecule has 1 fully saturated rings. The van der Waals surface area contributed by atoms with Gasteiger partial charge in [-0.1, -0.05) is 39.0 Å². The van der Waals surface area contributed by atoms with Gasteiger partial charge in [0.15, 0.2) is 5.84 Å². The van der Waals surface area contributed by atoms with Crippen molar-refractivity contribution in [3.63, 3.8) is 0 Å². The van der Waals surface area contributed by atoms with Gasteiger partial charge in [-0.3, -0.25) is 0 Å². The van der Waals surface area contributed by atoms with Crippen LogP contribution in [0.1, 0.15) is 58.8 Å². The Hall–Kier alpha value is -0.710. The lowest BCUT2D eigenvalue weighted by molar-refractivity contribution is 0.307. The lowest BCUT2D eigenvalue weighted by Gasteiger charge is -2.27. The largest absolute Gasteiger partial charge is 0.365 e. The summed E-state index contributed by atoms with van der Waals surface area (Å²) in [6.07, 6.45) is 9.18. The van der Waals surface area contributed by atoms with Crippen LogP contribution in [0, 0.1) is 5.92 Å². The Bertz CT molecular complexity index is 372. The van der Waals surface area contributed by atoms with Gasteiger partial charge in [-0.2, -0.15) is 4.40 Å². The summed E-state index contributed by atoms with van der Waals surface area (Å²) < 4.78 is 19.2. The highest BCUT2D eigenvalue weighted by Crippen LogP contribution is 2.28. The highest BCUT2D eigenvalue weighted by Gasteiger charge is 2.21. The average molecular weight is 269 g/mol. The van der Waals surface area contributed by atoms with E-state index in [-0.39, 0.29) is 0 Å². The second-order valence-corrected chi connectivity index (χ2v) is 6.16. The van der Waals surface area contributed by atoms with Crippen LogP contribution in [0.3, 0.4) is 0 Å². The maximum atomic E-state index is 11.2. The third kappa shape index (κ3) is 3.64. The van der Waals surface area contributed by atoms with E-state index in [1.165, 1.54) is 38.5 Å². The molecule has 102 valence electrons. The van der Waals surface area contributed by atoms with E-state index in [1.54, 1.807) is 0 Å². The van der Waals surface area contributed by atoms with E-state index in [1.807, 2.05) is 6.92 Å². The minimum atomic E-state index is -1.39. The van der Waals surface area contributed by atoms with Crippen molar-refractivity contribution in [1.29, 1.82) is 0 Å². The van der Waals surface area contributed by atoms with Crippen LogP contribution in [0.2, 0.25) is 0 Å². The molecular formula is C13H23N3OS. The summed E-state index contributed by atoms with van der Waals surface area (Å²) in [5.41, 5.74) is 0.774. The van der Waals surface area contributed by atoms with Gasteiger partial charge in [-0.25, -0.2) is 4.21 Å². The monoisotopic (exact) mass is 269 g/mol. The first-order chi connectivity index (χ1) is 8.69. The zero-order valence-corrected chi connectivity index (χ0v) is 12.1. The molecule has 4 nitrogen and oxygen atoms in total. The first-order valence-electron chi connectivity index (χ1n) is 7.02. The van der Waals surface area contributed by atoms with Crippen LogP contribution in [0.15, 0.2) is 8.80 Å². The van der Waals surface area contributed by atoms with Crippen LogP contribution >= 0.6 is 0 Å². The topological polar surface area (TPSA) is 53.8 Å². The SMILES string of the molecule is CC[C@H](CC1CCCCC1)NC1=NS(=O)N=C1C. The van der Waals surface area contributed by atoms with Crippen molar-refractivity contribution in [3.05, 3.63) is 0 Å². The van der Waals surface area contributed by atoms with Gasteiger partial charge in [0, 0.05) is 6.04 Å². The Labute approximate surface area is 112 Å². The number of rotatable bonds is 4. The van der Waals surface area contributed by atoms with Crippen LogP contribution in [0.5, 0.6) is 0 Å². The molecule has 1 saturated carbocycles. The average Bonchev–Trinajstić information content (AvgIpc) is 2.68. The molecule has 5 heteroatoms. The molecule has 0 bridgehead atoms. The van der Waals surface area contributed by atoms with Crippen molar-refractivity contribution >= 4 is 22.7 Å². The van der Waals surface area contributed by atoms with Gasteiger partial charge < -0.3 is 5.32 Å². The molecule has 2 atom stereocenters. The van der Waals surface area contributed by atoms with Gasteiger partial charge >= 0.3 is 0 Å². The van der Waals surface area contributed by atoms with Gasteiger partial charge in [0.2, 0.25) is 0 Å². The summed E-state index contributed by atoms with van der Waals surface area (Å²) >= 11 is -1.39. The van der Waals surface area contributed by atoms with E-state index in [9.17, 15) is 4.21 Å². The highest BCUT2D eigenvalue weighted by molar-refractivity contribution is 7.83. The molecule has 0 aromatic rings. The fraction of sp³-hybridized carbons (Fsp3) is 0.846. The van der Waals surface area contributed by atoms with E-state index < -0.39 is 11.2 Å². The molecule has 1 heterocycles. The molecule has 1 unspecified atom stereocenters. The molecule has 2 rings (SSSR count). The molecule has 0 radical (unpaired) electrons. The second kappa shape index (κ2) is 6.45. The van der Waals surface area contributed by atoms with Crippen molar-refractivity contribution in [2.24, 2.45) is 14.7 Å². The summed E-state index contributed by atoms with van der Waals surface area (Å²) in [6.45, 7) is 4.06. The molecule has 0 amide bonds. The summed E-state index contributed by atoms with van der Waals surface area (Å²) in [6, 6.07) is 0.437. The molecule has 1 N–H and O–H groups in total. The number of hydrogen-bond donors (Lipinski definition) is 1. The Balaban J connectivity index is 1.87. The number of amidine groups is 1. The molecule has 0 aromatic heterocycles. The lowest BCUT2D eigenvalue weighted by atomic mass is 9.84. The summed E-state index contributed by atoms with van der Waals surface area (Å²) in [7, 11) is 0. The first kappa shape index (κ1) is 13.7. The molecule has 0 aromatic carbocycles. The van der Waals surface area contributed by atoms with Crippen molar-refractivity contribution in [2.45, 2.75) is 64.8 Å². The standard InChI is InChI=1S/C13H23N3OS/c1-3-12(9-11-7-5-4-6-8-11)14-13-10(2)15-18(17)16-13/h11-12H,3-9H2,1-2H3,(H,14,16)/t12-,18?/m1/s1. The minimum Gasteiger partial charge on any atom is -0.365 e. The Morgan fingerprint density at radius 3 is 2.61 bits per heavy atom. The van der Waals surface area contributed by atoms with Crippen LogP contribution in [-0.4, -0.2) is 21.8 Å². The Morgan fingerprint density at radius 2 is 2.06 bits per heavy atom. The van der Waals surface area contributed by atoms with Crippen LogP contribution < -0.4 is 5.32 Å². The molecule has 2 aliphatic rings. The Kier molecular flexibility index (Phi) is 4.92. The van der Waals surface area contributed by atoms with Crippen molar-refractivity contribution in [1.82, 2.24) is 5.32 Å². The third-order valence-corrected chi connectivity index (χ3v) is 4.67. The molecular weight excluding hydrogens is 246 g/mol. The van der Waals surface area contributed by atoms with E-state index in [2.05, 4.69) is 21.0 Å². The van der Waals surface area contributed by atoms with Gasteiger partial charge in [-0.15, -0.1) is 4.40 Å². The Morgan fingerprint density at radius 1 is 1.33 bits per heavy atom. The number of nitrogens with one attached hydrogen (secondary N) is 1. The summed E-state index contributed by atoms with van der Waals surface area (Å²) in [5.74, 6) is 1.58. The first-order valence-corrected chi connectivity index (χ1v) is 8.08. The van der Waals surface area contributed by atoms with Crippen LogP contribution in [0.25, 0.3) is 0 Å². The molecule has 18 heavy (non-hydrogen) atoms. The van der Waals surface area contributed by atoms with Crippen molar-refractivity contribution in [2.75, 3.05) is 0 Å². The predicted molar refractivity (Wildman–Crippen MR) is 77.1 cm³/mol. The lowest BCUT2D eigenvalue weighted by Crippen LogP contribution is -2.38. The number of nitrogens with zero attached hydrogens (tertiary/aromatic N) is 2. The van der Waals surface area contributed by atoms with E-state index in [0.29, 0.717) is 6.04 Å². The highest BCUT2D eigenvalue weighted by atomic mass is 32.2. The van der Waals surface area contributed by atoms with Crippen molar-refractivity contribution in [3.8, 4) is 0 Å². The van der Waals surface area contributed by atoms with Crippen LogP contribution in [0.4, 0.5) is 0 Å². The van der Waals surface area contributed by atoms with Crippen molar-refractivity contribution < 1.29 is 4.21 Å².